The summed E-state index contributed by atoms with van der Waals surface area (Å²) in [6.07, 6.45) is 5.22. The van der Waals surface area contributed by atoms with Crippen molar-refractivity contribution in [1.82, 2.24) is 10.2 Å². The van der Waals surface area contributed by atoms with Gasteiger partial charge in [-0.25, -0.2) is 0 Å². The molecule has 1 fully saturated rings. The van der Waals surface area contributed by atoms with Crippen molar-refractivity contribution in [3.63, 3.8) is 0 Å². The Morgan fingerprint density at radius 1 is 1.03 bits per heavy atom. The maximum absolute atomic E-state index is 13.5. The fourth-order valence-electron chi connectivity index (χ4n) is 4.40. The summed E-state index contributed by atoms with van der Waals surface area (Å²) < 4.78 is 5.26. The topological polar surface area (TPSA) is 58.6 Å². The van der Waals surface area contributed by atoms with Gasteiger partial charge in [0, 0.05) is 12.6 Å². The van der Waals surface area contributed by atoms with E-state index in [0.717, 1.165) is 42.6 Å². The Kier molecular flexibility index (Phi) is 8.32. The molecule has 0 radical (unpaired) electrons. The van der Waals surface area contributed by atoms with Crippen LogP contribution in [-0.2, 0) is 22.6 Å². The third-order valence-electron chi connectivity index (χ3n) is 6.53. The first-order valence-corrected chi connectivity index (χ1v) is 11.7. The van der Waals surface area contributed by atoms with E-state index in [-0.39, 0.29) is 24.3 Å². The maximum Gasteiger partial charge on any atom is 0.243 e. The van der Waals surface area contributed by atoms with Crippen LogP contribution in [0.15, 0.2) is 42.5 Å². The Hall–Kier alpha value is -2.82. The van der Waals surface area contributed by atoms with Gasteiger partial charge >= 0.3 is 0 Å². The second kappa shape index (κ2) is 11.2. The van der Waals surface area contributed by atoms with E-state index in [4.69, 9.17) is 4.74 Å². The second-order valence-corrected chi connectivity index (χ2v) is 8.88. The molecule has 0 aliphatic heterocycles. The van der Waals surface area contributed by atoms with E-state index in [1.54, 1.807) is 12.0 Å². The van der Waals surface area contributed by atoms with E-state index in [9.17, 15) is 9.59 Å². The second-order valence-electron chi connectivity index (χ2n) is 8.88. The van der Waals surface area contributed by atoms with Crippen molar-refractivity contribution >= 4 is 11.8 Å². The van der Waals surface area contributed by atoms with Crippen LogP contribution >= 0.6 is 0 Å². The number of methoxy groups -OCH3 is 1. The molecule has 32 heavy (non-hydrogen) atoms. The number of ether oxygens (including phenoxy) is 1. The van der Waals surface area contributed by atoms with E-state index in [2.05, 4.69) is 31.3 Å². The Morgan fingerprint density at radius 2 is 1.69 bits per heavy atom. The number of carbonyl (C=O) groups is 2. The predicted molar refractivity (Wildman–Crippen MR) is 128 cm³/mol. The van der Waals surface area contributed by atoms with Crippen LogP contribution in [-0.4, -0.2) is 35.9 Å². The molecule has 0 heterocycles. The molecule has 3 rings (SSSR count). The minimum Gasteiger partial charge on any atom is -0.497 e. The average molecular weight is 437 g/mol. The molecule has 0 spiro atoms. The van der Waals surface area contributed by atoms with Gasteiger partial charge in [0.1, 0.15) is 11.8 Å². The number of amides is 2. The average Bonchev–Trinajstić information content (AvgIpc) is 3.29. The molecule has 1 aliphatic rings. The quantitative estimate of drug-likeness (QED) is 0.619. The highest BCUT2D eigenvalue weighted by molar-refractivity contribution is 5.88. The van der Waals surface area contributed by atoms with Crippen molar-refractivity contribution in [2.24, 2.45) is 0 Å². The molecule has 0 saturated heterocycles. The molecule has 172 valence electrons. The zero-order valence-electron chi connectivity index (χ0n) is 19.8. The number of nitrogens with zero attached hydrogens (tertiary/aromatic N) is 1. The Bertz CT molecular complexity index is 917. The molecule has 0 aromatic heterocycles. The van der Waals surface area contributed by atoms with Crippen LogP contribution in [0, 0.1) is 13.8 Å². The summed E-state index contributed by atoms with van der Waals surface area (Å²) in [6.45, 7) is 6.49. The zero-order chi connectivity index (χ0) is 23.1. The highest BCUT2D eigenvalue weighted by Crippen LogP contribution is 2.21. The Labute approximate surface area is 192 Å². The minimum absolute atomic E-state index is 0.0301. The lowest BCUT2D eigenvalue weighted by Gasteiger charge is -2.31. The Balaban J connectivity index is 1.82. The molecule has 2 amide bonds. The van der Waals surface area contributed by atoms with Gasteiger partial charge in [0.05, 0.1) is 13.5 Å². The van der Waals surface area contributed by atoms with Crippen molar-refractivity contribution in [3.8, 4) is 5.75 Å². The van der Waals surface area contributed by atoms with E-state index in [1.807, 2.05) is 37.3 Å². The summed E-state index contributed by atoms with van der Waals surface area (Å²) in [7, 11) is 1.63. The summed E-state index contributed by atoms with van der Waals surface area (Å²) in [6, 6.07) is 13.6. The molecular weight excluding hydrogens is 400 g/mol. The van der Waals surface area contributed by atoms with Crippen LogP contribution in [0.25, 0.3) is 0 Å². The first kappa shape index (κ1) is 23.8. The largest absolute Gasteiger partial charge is 0.497 e. The van der Waals surface area contributed by atoms with Crippen LogP contribution in [0.1, 0.15) is 61.3 Å². The number of nitrogens with one attached hydrogen (secondary N) is 1. The smallest absolute Gasteiger partial charge is 0.243 e. The van der Waals surface area contributed by atoms with Gasteiger partial charge < -0.3 is 15.0 Å². The lowest BCUT2D eigenvalue weighted by molar-refractivity contribution is -0.141. The highest BCUT2D eigenvalue weighted by atomic mass is 16.5. The number of hydrogen-bond donors (Lipinski definition) is 1. The van der Waals surface area contributed by atoms with E-state index in [0.29, 0.717) is 13.0 Å². The molecule has 0 bridgehead atoms. The van der Waals surface area contributed by atoms with E-state index >= 15 is 0 Å². The van der Waals surface area contributed by atoms with Crippen LogP contribution in [0.3, 0.4) is 0 Å². The number of benzene rings is 2. The molecule has 0 unspecified atom stereocenters. The number of rotatable bonds is 9. The van der Waals surface area contributed by atoms with E-state index in [1.165, 1.54) is 11.1 Å². The van der Waals surface area contributed by atoms with Gasteiger partial charge in [0.2, 0.25) is 11.8 Å². The fourth-order valence-corrected chi connectivity index (χ4v) is 4.40. The predicted octanol–water partition coefficient (Wildman–Crippen LogP) is 4.72. The van der Waals surface area contributed by atoms with Crippen LogP contribution < -0.4 is 10.1 Å². The third-order valence-corrected chi connectivity index (χ3v) is 6.53. The first-order chi connectivity index (χ1) is 15.4. The van der Waals surface area contributed by atoms with Crippen LogP contribution in [0.4, 0.5) is 0 Å². The van der Waals surface area contributed by atoms with Crippen molar-refractivity contribution < 1.29 is 14.3 Å². The summed E-state index contributed by atoms with van der Waals surface area (Å²) >= 11 is 0. The molecule has 1 aliphatic carbocycles. The summed E-state index contributed by atoms with van der Waals surface area (Å²) in [4.78, 5) is 28.4. The van der Waals surface area contributed by atoms with Crippen molar-refractivity contribution in [2.75, 3.05) is 7.11 Å². The molecular formula is C27H36N2O3. The van der Waals surface area contributed by atoms with Crippen LogP contribution in [0.2, 0.25) is 0 Å². The van der Waals surface area contributed by atoms with Gasteiger partial charge in [-0.1, -0.05) is 50.1 Å². The molecule has 2 aromatic carbocycles. The molecule has 1 N–H and O–H groups in total. The SMILES string of the molecule is CC[C@H](C(=O)NC1CCCC1)N(Cc1ccc(OC)cc1)C(=O)Cc1ccc(C)c(C)c1. The molecule has 1 saturated carbocycles. The molecule has 5 nitrogen and oxygen atoms in total. The van der Waals surface area contributed by atoms with Gasteiger partial charge in [0.25, 0.3) is 0 Å². The fraction of sp³-hybridized carbons (Fsp3) is 0.481. The van der Waals surface area contributed by atoms with Crippen molar-refractivity contribution in [2.45, 2.75) is 77.9 Å². The number of hydrogen-bond acceptors (Lipinski definition) is 3. The summed E-state index contributed by atoms with van der Waals surface area (Å²) in [5.41, 5.74) is 4.33. The highest BCUT2D eigenvalue weighted by Gasteiger charge is 2.30. The van der Waals surface area contributed by atoms with Crippen LogP contribution in [0.5, 0.6) is 5.75 Å². The summed E-state index contributed by atoms with van der Waals surface area (Å²) in [5, 5.41) is 3.20. The number of aryl methyl sites for hydroxylation is 2. The van der Waals surface area contributed by atoms with E-state index < -0.39 is 6.04 Å². The normalized spacial score (nSPS) is 14.8. The van der Waals surface area contributed by atoms with Crippen molar-refractivity contribution in [1.29, 1.82) is 0 Å². The monoisotopic (exact) mass is 436 g/mol. The first-order valence-electron chi connectivity index (χ1n) is 11.7. The zero-order valence-corrected chi connectivity index (χ0v) is 19.8. The summed E-state index contributed by atoms with van der Waals surface area (Å²) in [5.74, 6) is 0.701. The molecule has 5 heteroatoms. The lowest BCUT2D eigenvalue weighted by atomic mass is 10.0. The van der Waals surface area contributed by atoms with Crippen molar-refractivity contribution in [3.05, 3.63) is 64.7 Å². The standard InChI is InChI=1S/C27H36N2O3/c1-5-25(27(31)28-23-8-6-7-9-23)29(18-21-12-14-24(32-4)15-13-21)26(30)17-22-11-10-19(2)20(3)16-22/h10-16,23,25H,5-9,17-18H2,1-4H3,(H,28,31)/t25-/m1/s1. The van der Waals surface area contributed by atoms with Gasteiger partial charge in [-0.2, -0.15) is 0 Å². The minimum atomic E-state index is -0.489. The Morgan fingerprint density at radius 3 is 2.28 bits per heavy atom. The number of carbonyl (C=O) groups excluding carboxylic acids is 2. The third kappa shape index (κ3) is 6.12. The molecule has 1 atom stereocenters. The van der Waals surface area contributed by atoms with Gasteiger partial charge in [-0.05, 0) is 67.5 Å². The molecule has 2 aromatic rings. The van der Waals surface area contributed by atoms with Gasteiger partial charge in [-0.15, -0.1) is 0 Å². The maximum atomic E-state index is 13.5. The van der Waals surface area contributed by atoms with Gasteiger partial charge in [-0.3, -0.25) is 9.59 Å². The van der Waals surface area contributed by atoms with Gasteiger partial charge in [0.15, 0.2) is 0 Å². The lowest BCUT2D eigenvalue weighted by Crippen LogP contribution is -2.51.